The molecule has 1 saturated heterocycles. The van der Waals surface area contributed by atoms with Gasteiger partial charge in [0, 0.05) is 24.9 Å². The second-order valence-electron chi connectivity index (χ2n) is 6.52. The number of halogens is 1. The molecule has 0 spiro atoms. The number of aromatic amines is 1. The number of carbonyl (C=O) groups is 1. The smallest absolute Gasteiger partial charge is 0.271 e. The number of H-pyrrole nitrogens is 1. The summed E-state index contributed by atoms with van der Waals surface area (Å²) in [5.74, 6) is 0.500. The highest BCUT2D eigenvalue weighted by molar-refractivity contribution is 9.10. The normalized spacial score (nSPS) is 15.8. The van der Waals surface area contributed by atoms with Crippen LogP contribution < -0.4 is 5.32 Å². The van der Waals surface area contributed by atoms with Crippen molar-refractivity contribution >= 4 is 50.6 Å². The van der Waals surface area contributed by atoms with Crippen molar-refractivity contribution in [2.75, 3.05) is 31.6 Å². The fourth-order valence-electron chi connectivity index (χ4n) is 3.34. The van der Waals surface area contributed by atoms with Crippen molar-refractivity contribution in [3.05, 3.63) is 40.0 Å². The minimum atomic E-state index is -0.0884. The van der Waals surface area contributed by atoms with E-state index in [4.69, 9.17) is 4.74 Å². The van der Waals surface area contributed by atoms with E-state index in [2.05, 4.69) is 46.2 Å². The van der Waals surface area contributed by atoms with E-state index in [9.17, 15) is 4.79 Å². The Kier molecular flexibility index (Phi) is 4.29. The molecule has 3 aromatic rings. The topological polar surface area (TPSA) is 108 Å². The van der Waals surface area contributed by atoms with Crippen LogP contribution in [0.4, 0.5) is 11.5 Å². The summed E-state index contributed by atoms with van der Waals surface area (Å²) in [5.41, 5.74) is 3.78. The van der Waals surface area contributed by atoms with Crippen molar-refractivity contribution in [2.24, 2.45) is 4.99 Å². The van der Waals surface area contributed by atoms with E-state index in [0.29, 0.717) is 59.9 Å². The van der Waals surface area contributed by atoms with Gasteiger partial charge in [-0.2, -0.15) is 0 Å². The van der Waals surface area contributed by atoms with Crippen LogP contribution in [-0.2, 0) is 11.3 Å². The average Bonchev–Trinajstić information content (AvgIpc) is 3.33. The first-order chi connectivity index (χ1) is 13.7. The van der Waals surface area contributed by atoms with Crippen LogP contribution in [0.1, 0.15) is 21.7 Å². The van der Waals surface area contributed by atoms with E-state index in [1.165, 1.54) is 6.33 Å². The van der Waals surface area contributed by atoms with Crippen LogP contribution in [0.2, 0.25) is 0 Å². The largest absolute Gasteiger partial charge is 0.378 e. The van der Waals surface area contributed by atoms with Gasteiger partial charge in [0.1, 0.15) is 23.5 Å². The molecule has 5 rings (SSSR count). The zero-order valence-electron chi connectivity index (χ0n) is 14.8. The van der Waals surface area contributed by atoms with Gasteiger partial charge in [-0.25, -0.2) is 9.97 Å². The number of aliphatic imine (C=N–C) groups is 1. The third kappa shape index (κ3) is 2.94. The number of pyridine rings is 1. The van der Waals surface area contributed by atoms with Gasteiger partial charge in [0.25, 0.3) is 5.91 Å². The molecule has 0 atom stereocenters. The zero-order valence-corrected chi connectivity index (χ0v) is 16.4. The maximum atomic E-state index is 12.9. The van der Waals surface area contributed by atoms with Gasteiger partial charge in [-0.3, -0.25) is 14.8 Å². The Labute approximate surface area is 168 Å². The van der Waals surface area contributed by atoms with Crippen LogP contribution in [0.25, 0.3) is 11.0 Å². The number of nitrogens with one attached hydrogen (secondary N) is 2. The van der Waals surface area contributed by atoms with Gasteiger partial charge in [0.05, 0.1) is 47.2 Å². The first kappa shape index (κ1) is 17.3. The van der Waals surface area contributed by atoms with Crippen molar-refractivity contribution in [2.45, 2.75) is 6.54 Å². The Hall–Kier alpha value is -2.85. The molecule has 5 heterocycles. The van der Waals surface area contributed by atoms with Crippen LogP contribution in [-0.4, -0.2) is 63.3 Å². The number of nitrogens with zero attached hydrogens (tertiary/aromatic N) is 5. The average molecular weight is 442 g/mol. The van der Waals surface area contributed by atoms with Crippen molar-refractivity contribution < 1.29 is 9.53 Å². The number of morpholine rings is 1. The van der Waals surface area contributed by atoms with Crippen LogP contribution in [0.15, 0.2) is 28.1 Å². The summed E-state index contributed by atoms with van der Waals surface area (Å²) in [6, 6.07) is 1.98. The quantitative estimate of drug-likeness (QED) is 0.645. The van der Waals surface area contributed by atoms with E-state index in [1.807, 2.05) is 12.3 Å². The molecule has 142 valence electrons. The lowest BCUT2D eigenvalue weighted by Crippen LogP contribution is -2.40. The van der Waals surface area contributed by atoms with Crippen molar-refractivity contribution in [3.8, 4) is 0 Å². The maximum Gasteiger partial charge on any atom is 0.271 e. The lowest BCUT2D eigenvalue weighted by atomic mass is 10.2. The summed E-state index contributed by atoms with van der Waals surface area (Å²) in [4.78, 5) is 35.1. The molecule has 1 fully saturated rings. The molecule has 9 nitrogen and oxygen atoms in total. The van der Waals surface area contributed by atoms with Crippen LogP contribution >= 0.6 is 15.9 Å². The summed E-state index contributed by atoms with van der Waals surface area (Å²) in [6.45, 7) is 2.85. The SMILES string of the molecule is O=C(c1[nH]c2ncnc(Nc3cnc4c(c3)C=NC4)c2c1Br)N1CCOCC1. The Bertz CT molecular complexity index is 1100. The van der Waals surface area contributed by atoms with E-state index in [-0.39, 0.29) is 5.91 Å². The number of hydrogen-bond acceptors (Lipinski definition) is 7. The van der Waals surface area contributed by atoms with Crippen LogP contribution in [0.3, 0.4) is 0 Å². The van der Waals surface area contributed by atoms with Gasteiger partial charge >= 0.3 is 0 Å². The fraction of sp³-hybridized carbons (Fsp3) is 0.278. The molecular weight excluding hydrogens is 426 g/mol. The van der Waals surface area contributed by atoms with Gasteiger partial charge < -0.3 is 19.9 Å². The van der Waals surface area contributed by atoms with E-state index >= 15 is 0 Å². The second kappa shape index (κ2) is 6.95. The monoisotopic (exact) mass is 441 g/mol. The maximum absolute atomic E-state index is 12.9. The molecule has 0 bridgehead atoms. The molecule has 2 N–H and O–H groups in total. The molecular formula is C18H16BrN7O2. The molecule has 28 heavy (non-hydrogen) atoms. The number of carbonyl (C=O) groups excluding carboxylic acids is 1. The summed E-state index contributed by atoms with van der Waals surface area (Å²) in [7, 11) is 0. The number of hydrogen-bond donors (Lipinski definition) is 2. The third-order valence-electron chi connectivity index (χ3n) is 4.78. The number of rotatable bonds is 3. The van der Waals surface area contributed by atoms with E-state index in [1.54, 1.807) is 11.1 Å². The highest BCUT2D eigenvalue weighted by Crippen LogP contribution is 2.33. The number of amides is 1. The zero-order chi connectivity index (χ0) is 19.1. The lowest BCUT2D eigenvalue weighted by Gasteiger charge is -2.26. The van der Waals surface area contributed by atoms with Crippen molar-refractivity contribution in [1.82, 2.24) is 24.8 Å². The standard InChI is InChI=1S/C18H16BrN7O2/c19-14-13-16(24-11-5-10-6-20-8-12(10)21-7-11)22-9-23-17(13)25-15(14)18(27)26-1-3-28-4-2-26/h5-7,9H,1-4,8H2,(H2,22,23,24,25). The highest BCUT2D eigenvalue weighted by atomic mass is 79.9. The number of anilines is 2. The summed E-state index contributed by atoms with van der Waals surface area (Å²) < 4.78 is 5.97. The van der Waals surface area contributed by atoms with Gasteiger partial charge in [-0.15, -0.1) is 0 Å². The van der Waals surface area contributed by atoms with Crippen LogP contribution in [0, 0.1) is 0 Å². The predicted molar refractivity (Wildman–Crippen MR) is 107 cm³/mol. The van der Waals surface area contributed by atoms with Crippen LogP contribution in [0.5, 0.6) is 0 Å². The predicted octanol–water partition coefficient (Wildman–Crippen LogP) is 2.26. The van der Waals surface area contributed by atoms with E-state index in [0.717, 1.165) is 16.9 Å². The Morgan fingerprint density at radius 1 is 1.25 bits per heavy atom. The summed E-state index contributed by atoms with van der Waals surface area (Å²) >= 11 is 3.57. The molecule has 0 unspecified atom stereocenters. The summed E-state index contributed by atoms with van der Waals surface area (Å²) in [5, 5.41) is 4.00. The first-order valence-corrected chi connectivity index (χ1v) is 9.65. The van der Waals surface area contributed by atoms with Gasteiger partial charge in [-0.05, 0) is 22.0 Å². The van der Waals surface area contributed by atoms with Gasteiger partial charge in [-0.1, -0.05) is 0 Å². The Morgan fingerprint density at radius 2 is 2.11 bits per heavy atom. The Balaban J connectivity index is 1.51. The van der Waals surface area contributed by atoms with Gasteiger partial charge in [0.2, 0.25) is 0 Å². The number of aromatic nitrogens is 4. The molecule has 2 aliphatic rings. The highest BCUT2D eigenvalue weighted by Gasteiger charge is 2.25. The number of ether oxygens (including phenoxy) is 1. The van der Waals surface area contributed by atoms with Crippen molar-refractivity contribution in [3.63, 3.8) is 0 Å². The molecule has 2 aliphatic heterocycles. The Morgan fingerprint density at radius 3 is 2.96 bits per heavy atom. The number of fused-ring (bicyclic) bond motifs is 2. The minimum absolute atomic E-state index is 0.0884. The van der Waals surface area contributed by atoms with E-state index < -0.39 is 0 Å². The lowest BCUT2D eigenvalue weighted by molar-refractivity contribution is 0.0299. The van der Waals surface area contributed by atoms with Crippen molar-refractivity contribution in [1.29, 1.82) is 0 Å². The third-order valence-corrected chi connectivity index (χ3v) is 5.57. The molecule has 0 radical (unpaired) electrons. The summed E-state index contributed by atoms with van der Waals surface area (Å²) in [6.07, 6.45) is 5.02. The molecule has 10 heteroatoms. The minimum Gasteiger partial charge on any atom is -0.378 e. The molecule has 3 aromatic heterocycles. The van der Waals surface area contributed by atoms with Gasteiger partial charge in [0.15, 0.2) is 0 Å². The second-order valence-corrected chi connectivity index (χ2v) is 7.31. The first-order valence-electron chi connectivity index (χ1n) is 8.85. The fourth-order valence-corrected chi connectivity index (χ4v) is 3.99. The molecule has 0 aliphatic carbocycles. The molecule has 0 saturated carbocycles. The molecule has 0 aromatic carbocycles. The molecule has 1 amide bonds.